The molecule has 1 amide bonds. The largest absolute Gasteiger partial charge is 0.373 e. The predicted octanol–water partition coefficient (Wildman–Crippen LogP) is 2.71. The number of rotatable bonds is 3. The van der Waals surface area contributed by atoms with Crippen molar-refractivity contribution in [2.45, 2.75) is 25.7 Å². The predicted molar refractivity (Wildman–Crippen MR) is 80.5 cm³/mol. The van der Waals surface area contributed by atoms with E-state index in [-0.39, 0.29) is 5.91 Å². The lowest BCUT2D eigenvalue weighted by atomic mass is 10.0. The number of anilines is 2. The van der Waals surface area contributed by atoms with E-state index in [2.05, 4.69) is 20.6 Å². The number of amides is 1. The number of aryl methyl sites for hydroxylation is 2. The summed E-state index contributed by atoms with van der Waals surface area (Å²) in [4.78, 5) is 22.1. The van der Waals surface area contributed by atoms with E-state index in [4.69, 9.17) is 0 Å². The molecule has 0 spiro atoms. The number of pyridine rings is 1. The van der Waals surface area contributed by atoms with Gasteiger partial charge in [0.2, 0.25) is 0 Å². The molecule has 0 atom stereocenters. The molecular formula is C14H16N4OS. The van der Waals surface area contributed by atoms with Crippen LogP contribution in [0.5, 0.6) is 0 Å². The molecule has 3 rings (SSSR count). The third kappa shape index (κ3) is 2.65. The van der Waals surface area contributed by atoms with Crippen molar-refractivity contribution in [3.05, 3.63) is 34.5 Å². The molecule has 0 saturated carbocycles. The Balaban J connectivity index is 1.73. The summed E-state index contributed by atoms with van der Waals surface area (Å²) in [5.74, 6) is 0.581. The minimum atomic E-state index is -0.161. The lowest BCUT2D eigenvalue weighted by Gasteiger charge is -2.06. The lowest BCUT2D eigenvalue weighted by Crippen LogP contribution is -2.12. The van der Waals surface area contributed by atoms with Crippen LogP contribution in [0.15, 0.2) is 18.3 Å². The van der Waals surface area contributed by atoms with Crippen molar-refractivity contribution in [1.82, 2.24) is 9.97 Å². The van der Waals surface area contributed by atoms with Gasteiger partial charge in [0.25, 0.3) is 5.91 Å². The van der Waals surface area contributed by atoms with Crippen molar-refractivity contribution in [3.8, 4) is 0 Å². The maximum Gasteiger partial charge on any atom is 0.259 e. The van der Waals surface area contributed by atoms with E-state index in [1.807, 2.05) is 0 Å². The first kappa shape index (κ1) is 13.1. The molecular weight excluding hydrogens is 272 g/mol. The Morgan fingerprint density at radius 2 is 2.15 bits per heavy atom. The molecule has 0 unspecified atom stereocenters. The number of nitrogens with zero attached hydrogens (tertiary/aromatic N) is 2. The van der Waals surface area contributed by atoms with Crippen LogP contribution < -0.4 is 10.6 Å². The molecule has 0 aromatic carbocycles. The smallest absolute Gasteiger partial charge is 0.259 e. The van der Waals surface area contributed by atoms with E-state index in [1.165, 1.54) is 17.7 Å². The van der Waals surface area contributed by atoms with E-state index in [1.54, 1.807) is 36.7 Å². The van der Waals surface area contributed by atoms with Crippen molar-refractivity contribution in [3.63, 3.8) is 0 Å². The number of carbonyl (C=O) groups is 1. The average molecular weight is 288 g/mol. The Morgan fingerprint density at radius 1 is 1.30 bits per heavy atom. The third-order valence-electron chi connectivity index (χ3n) is 3.35. The Morgan fingerprint density at radius 3 is 2.85 bits per heavy atom. The van der Waals surface area contributed by atoms with Crippen molar-refractivity contribution < 1.29 is 4.79 Å². The standard InChI is InChI=1S/C14H16N4OS/c1-15-12-7-6-9(8-16-12)13(19)18-14-17-10-4-2-3-5-11(10)20-14/h6-8H,2-5H2,1H3,(H,15,16)(H,17,18,19). The highest BCUT2D eigenvalue weighted by Crippen LogP contribution is 2.29. The lowest BCUT2D eigenvalue weighted by molar-refractivity contribution is 0.102. The van der Waals surface area contributed by atoms with Crippen molar-refractivity contribution >= 4 is 28.2 Å². The molecule has 2 N–H and O–H groups in total. The summed E-state index contributed by atoms with van der Waals surface area (Å²) in [6.45, 7) is 0. The van der Waals surface area contributed by atoms with Crippen LogP contribution in [0.3, 0.4) is 0 Å². The fourth-order valence-electron chi connectivity index (χ4n) is 2.25. The van der Waals surface area contributed by atoms with E-state index >= 15 is 0 Å². The minimum Gasteiger partial charge on any atom is -0.373 e. The molecule has 2 aromatic rings. The molecule has 0 aliphatic heterocycles. The number of hydrogen-bond acceptors (Lipinski definition) is 5. The quantitative estimate of drug-likeness (QED) is 0.911. The average Bonchev–Trinajstić information content (AvgIpc) is 2.89. The maximum absolute atomic E-state index is 12.1. The van der Waals surface area contributed by atoms with Gasteiger partial charge in [-0.05, 0) is 37.8 Å². The summed E-state index contributed by atoms with van der Waals surface area (Å²) in [5, 5.41) is 6.48. The number of carbonyl (C=O) groups excluding carboxylic acids is 1. The number of aromatic nitrogens is 2. The van der Waals surface area contributed by atoms with Gasteiger partial charge in [0, 0.05) is 18.1 Å². The van der Waals surface area contributed by atoms with Crippen molar-refractivity contribution in [2.75, 3.05) is 17.7 Å². The number of hydrogen-bond donors (Lipinski definition) is 2. The highest BCUT2D eigenvalue weighted by molar-refractivity contribution is 7.15. The first-order chi connectivity index (χ1) is 9.76. The second kappa shape index (κ2) is 5.58. The van der Waals surface area contributed by atoms with Gasteiger partial charge in [-0.1, -0.05) is 0 Å². The summed E-state index contributed by atoms with van der Waals surface area (Å²) in [6, 6.07) is 3.53. The van der Waals surface area contributed by atoms with Crippen LogP contribution in [0.25, 0.3) is 0 Å². The zero-order valence-electron chi connectivity index (χ0n) is 11.3. The number of thiazole rings is 1. The van der Waals surface area contributed by atoms with Crippen LogP contribution >= 0.6 is 11.3 Å². The fourth-order valence-corrected chi connectivity index (χ4v) is 3.30. The molecule has 0 radical (unpaired) electrons. The maximum atomic E-state index is 12.1. The highest BCUT2D eigenvalue weighted by atomic mass is 32.1. The van der Waals surface area contributed by atoms with Gasteiger partial charge in [0.1, 0.15) is 5.82 Å². The summed E-state index contributed by atoms with van der Waals surface area (Å²) in [6.07, 6.45) is 6.09. The van der Waals surface area contributed by atoms with Gasteiger partial charge in [-0.15, -0.1) is 11.3 Å². The molecule has 2 aromatic heterocycles. The molecule has 0 bridgehead atoms. The second-order valence-electron chi connectivity index (χ2n) is 4.73. The zero-order chi connectivity index (χ0) is 13.9. The van der Waals surface area contributed by atoms with Crippen LogP contribution in [0.1, 0.15) is 33.8 Å². The Labute approximate surface area is 121 Å². The summed E-state index contributed by atoms with van der Waals surface area (Å²) in [5.41, 5.74) is 1.69. The zero-order valence-corrected chi connectivity index (χ0v) is 12.1. The van der Waals surface area contributed by atoms with E-state index in [0.717, 1.165) is 24.4 Å². The van der Waals surface area contributed by atoms with Crippen molar-refractivity contribution in [2.24, 2.45) is 0 Å². The number of fused-ring (bicyclic) bond motifs is 1. The molecule has 2 heterocycles. The monoisotopic (exact) mass is 288 g/mol. The van der Waals surface area contributed by atoms with Crippen LogP contribution in [-0.2, 0) is 12.8 Å². The normalized spacial score (nSPS) is 13.7. The molecule has 104 valence electrons. The van der Waals surface area contributed by atoms with Crippen LogP contribution in [0.4, 0.5) is 10.9 Å². The summed E-state index contributed by atoms with van der Waals surface area (Å²) < 4.78 is 0. The van der Waals surface area contributed by atoms with Crippen LogP contribution in [-0.4, -0.2) is 22.9 Å². The van der Waals surface area contributed by atoms with Gasteiger partial charge in [-0.3, -0.25) is 10.1 Å². The molecule has 0 saturated heterocycles. The highest BCUT2D eigenvalue weighted by Gasteiger charge is 2.16. The van der Waals surface area contributed by atoms with Gasteiger partial charge < -0.3 is 5.32 Å². The molecule has 1 aliphatic rings. The summed E-state index contributed by atoms with van der Waals surface area (Å²) in [7, 11) is 1.79. The van der Waals surface area contributed by atoms with E-state index in [9.17, 15) is 4.79 Å². The number of nitrogens with one attached hydrogen (secondary N) is 2. The van der Waals surface area contributed by atoms with Gasteiger partial charge in [0.05, 0.1) is 11.3 Å². The van der Waals surface area contributed by atoms with Gasteiger partial charge in [-0.25, -0.2) is 9.97 Å². The third-order valence-corrected chi connectivity index (χ3v) is 4.42. The van der Waals surface area contributed by atoms with Gasteiger partial charge in [-0.2, -0.15) is 0 Å². The van der Waals surface area contributed by atoms with E-state index < -0.39 is 0 Å². The van der Waals surface area contributed by atoms with Gasteiger partial charge in [0.15, 0.2) is 5.13 Å². The van der Waals surface area contributed by atoms with E-state index in [0.29, 0.717) is 10.7 Å². The van der Waals surface area contributed by atoms with Crippen LogP contribution in [0.2, 0.25) is 0 Å². The molecule has 0 fully saturated rings. The first-order valence-electron chi connectivity index (χ1n) is 6.70. The molecule has 6 heteroatoms. The fraction of sp³-hybridized carbons (Fsp3) is 0.357. The second-order valence-corrected chi connectivity index (χ2v) is 5.82. The Kier molecular flexibility index (Phi) is 3.64. The molecule has 20 heavy (non-hydrogen) atoms. The first-order valence-corrected chi connectivity index (χ1v) is 7.51. The Bertz CT molecular complexity index is 597. The minimum absolute atomic E-state index is 0.161. The summed E-state index contributed by atoms with van der Waals surface area (Å²) >= 11 is 1.59. The van der Waals surface area contributed by atoms with Gasteiger partial charge >= 0.3 is 0 Å². The molecule has 1 aliphatic carbocycles. The topological polar surface area (TPSA) is 66.9 Å². The van der Waals surface area contributed by atoms with Crippen LogP contribution in [0, 0.1) is 0 Å². The SMILES string of the molecule is CNc1ccc(C(=O)Nc2nc3c(s2)CCCC3)cn1. The van der Waals surface area contributed by atoms with Crippen molar-refractivity contribution in [1.29, 1.82) is 0 Å². The Hall–Kier alpha value is -1.95. The molecule has 5 nitrogen and oxygen atoms in total.